The Morgan fingerprint density at radius 2 is 1.71 bits per heavy atom. The fourth-order valence-electron chi connectivity index (χ4n) is 4.67. The van der Waals surface area contributed by atoms with E-state index in [1.54, 1.807) is 0 Å². The maximum absolute atomic E-state index is 11.9. The van der Waals surface area contributed by atoms with Crippen molar-refractivity contribution >= 4 is 16.9 Å². The number of hydrogen-bond donors (Lipinski definition) is 0. The molecule has 0 fully saturated rings. The molecular formula is C33H32N2O3. The number of pyridine rings is 1. The largest absolute Gasteiger partial charge is 0.489 e. The number of carbonyl (C=O) groups excluding carboxylic acids is 1. The van der Waals surface area contributed by atoms with Crippen molar-refractivity contribution in [2.75, 3.05) is 6.61 Å². The molecule has 0 saturated carbocycles. The molecule has 0 aliphatic heterocycles. The molecule has 0 aliphatic rings. The summed E-state index contributed by atoms with van der Waals surface area (Å²) in [5, 5.41) is 1.19. The van der Waals surface area contributed by atoms with Crippen LogP contribution in [-0.4, -0.2) is 22.1 Å². The monoisotopic (exact) mass is 504 g/mol. The zero-order valence-electron chi connectivity index (χ0n) is 21.7. The van der Waals surface area contributed by atoms with Crippen LogP contribution in [-0.2, 0) is 35.4 Å². The first-order valence-electron chi connectivity index (χ1n) is 13.1. The summed E-state index contributed by atoms with van der Waals surface area (Å²) in [4.78, 5) is 16.4. The van der Waals surface area contributed by atoms with Gasteiger partial charge in [0.2, 0.25) is 0 Å². The van der Waals surface area contributed by atoms with Gasteiger partial charge in [0.15, 0.2) is 0 Å². The van der Waals surface area contributed by atoms with Crippen LogP contribution in [0, 0.1) is 0 Å². The van der Waals surface area contributed by atoms with E-state index < -0.39 is 0 Å². The van der Waals surface area contributed by atoms with Gasteiger partial charge in [0.1, 0.15) is 12.4 Å². The minimum absolute atomic E-state index is 0.159. The number of esters is 1. The van der Waals surface area contributed by atoms with Gasteiger partial charge in [-0.05, 0) is 79.3 Å². The predicted octanol–water partition coefficient (Wildman–Crippen LogP) is 6.89. The highest BCUT2D eigenvalue weighted by atomic mass is 16.5. The fraction of sp³-hybridized carbons (Fsp3) is 0.212. The molecule has 38 heavy (non-hydrogen) atoms. The van der Waals surface area contributed by atoms with E-state index in [0.29, 0.717) is 26.1 Å². The molecule has 0 N–H and O–H groups in total. The van der Waals surface area contributed by atoms with E-state index in [-0.39, 0.29) is 5.97 Å². The van der Waals surface area contributed by atoms with Crippen molar-refractivity contribution in [2.45, 2.75) is 39.2 Å². The Labute approximate surface area is 223 Å². The van der Waals surface area contributed by atoms with Crippen molar-refractivity contribution < 1.29 is 14.3 Å². The highest BCUT2D eigenvalue weighted by Gasteiger charge is 2.13. The smallest absolute Gasteiger partial charge is 0.306 e. The van der Waals surface area contributed by atoms with Gasteiger partial charge in [-0.15, -0.1) is 0 Å². The quantitative estimate of drug-likeness (QED) is 0.184. The normalized spacial score (nSPS) is 11.0. The molecule has 3 aromatic carbocycles. The van der Waals surface area contributed by atoms with Gasteiger partial charge >= 0.3 is 5.97 Å². The van der Waals surface area contributed by atoms with Gasteiger partial charge in [-0.2, -0.15) is 0 Å². The van der Waals surface area contributed by atoms with E-state index in [1.807, 2.05) is 55.6 Å². The lowest BCUT2D eigenvalue weighted by molar-refractivity contribution is -0.143. The highest BCUT2D eigenvalue weighted by Crippen LogP contribution is 2.29. The maximum atomic E-state index is 11.9. The molecule has 0 aliphatic carbocycles. The lowest BCUT2D eigenvalue weighted by atomic mass is 10.0. The summed E-state index contributed by atoms with van der Waals surface area (Å²) in [6.45, 7) is 2.77. The maximum Gasteiger partial charge on any atom is 0.306 e. The van der Waals surface area contributed by atoms with Crippen LogP contribution in [0.25, 0.3) is 16.6 Å². The van der Waals surface area contributed by atoms with Gasteiger partial charge < -0.3 is 14.0 Å². The molecule has 0 atom stereocenters. The highest BCUT2D eigenvalue weighted by molar-refractivity contribution is 5.86. The summed E-state index contributed by atoms with van der Waals surface area (Å²) in [6, 6.07) is 30.9. The molecule has 0 unspecified atom stereocenters. The van der Waals surface area contributed by atoms with Crippen LogP contribution in [0.2, 0.25) is 0 Å². The number of aromatic nitrogens is 2. The number of nitrogens with zero attached hydrogens (tertiary/aromatic N) is 2. The number of carbonyl (C=O) groups is 1. The number of fused-ring (bicyclic) bond motifs is 1. The Morgan fingerprint density at radius 1 is 0.842 bits per heavy atom. The number of benzene rings is 3. The summed E-state index contributed by atoms with van der Waals surface area (Å²) < 4.78 is 13.5. The zero-order valence-corrected chi connectivity index (χ0v) is 21.7. The van der Waals surface area contributed by atoms with Gasteiger partial charge in [0.05, 0.1) is 12.1 Å². The van der Waals surface area contributed by atoms with Crippen LogP contribution in [0.5, 0.6) is 5.75 Å². The Hall–Kier alpha value is -4.38. The number of rotatable bonds is 11. The van der Waals surface area contributed by atoms with Crippen LogP contribution in [0.3, 0.4) is 0 Å². The third-order valence-corrected chi connectivity index (χ3v) is 6.60. The average Bonchev–Trinajstić information content (AvgIpc) is 3.33. The molecule has 5 heteroatoms. The minimum atomic E-state index is -0.159. The Balaban J connectivity index is 1.43. The fourth-order valence-corrected chi connectivity index (χ4v) is 4.67. The summed E-state index contributed by atoms with van der Waals surface area (Å²) in [7, 11) is 0. The van der Waals surface area contributed by atoms with Crippen LogP contribution in [0.1, 0.15) is 35.7 Å². The first-order valence-corrected chi connectivity index (χ1v) is 13.1. The van der Waals surface area contributed by atoms with E-state index in [4.69, 9.17) is 9.47 Å². The van der Waals surface area contributed by atoms with Crippen molar-refractivity contribution in [1.29, 1.82) is 0 Å². The molecule has 0 saturated heterocycles. The molecule has 2 heterocycles. The Bertz CT molecular complexity index is 1490. The van der Waals surface area contributed by atoms with Crippen molar-refractivity contribution in [3.63, 3.8) is 0 Å². The third-order valence-electron chi connectivity index (χ3n) is 6.60. The predicted molar refractivity (Wildman–Crippen MR) is 151 cm³/mol. The molecule has 0 amide bonds. The molecule has 2 aromatic heterocycles. The van der Waals surface area contributed by atoms with Crippen molar-refractivity contribution in [1.82, 2.24) is 9.55 Å². The standard InChI is InChI=1S/C33H32N2O3/c1-2-37-33(36)19-15-25-14-18-32-31(21-25)27(16-17-28-11-6-7-20-34-28)23-35(32)29-12-8-13-30(22-29)38-24-26-9-4-3-5-10-26/h3-14,18,20-23H,2,15-17,19,24H2,1H3. The molecule has 0 radical (unpaired) electrons. The van der Waals surface area contributed by atoms with E-state index in [1.165, 1.54) is 10.9 Å². The third kappa shape index (κ3) is 6.30. The van der Waals surface area contributed by atoms with Crippen molar-refractivity contribution in [2.24, 2.45) is 0 Å². The van der Waals surface area contributed by atoms with Crippen LogP contribution >= 0.6 is 0 Å². The first kappa shape index (κ1) is 25.3. The number of hydrogen-bond acceptors (Lipinski definition) is 4. The van der Waals surface area contributed by atoms with Crippen molar-refractivity contribution in [3.8, 4) is 11.4 Å². The second-order valence-corrected chi connectivity index (χ2v) is 9.27. The molecule has 0 spiro atoms. The second-order valence-electron chi connectivity index (χ2n) is 9.27. The SMILES string of the molecule is CCOC(=O)CCc1ccc2c(c1)c(CCc1ccccn1)cn2-c1cccc(OCc2ccccc2)c1. The van der Waals surface area contributed by atoms with Gasteiger partial charge in [0.25, 0.3) is 0 Å². The van der Waals surface area contributed by atoms with Gasteiger partial charge in [-0.25, -0.2) is 0 Å². The number of ether oxygens (including phenoxy) is 2. The Kier molecular flexibility index (Phi) is 8.14. The van der Waals surface area contributed by atoms with Crippen molar-refractivity contribution in [3.05, 3.63) is 126 Å². The Morgan fingerprint density at radius 3 is 2.53 bits per heavy atom. The second kappa shape index (κ2) is 12.2. The van der Waals surface area contributed by atoms with E-state index in [9.17, 15) is 4.79 Å². The summed E-state index contributed by atoms with van der Waals surface area (Å²) in [5.41, 5.74) is 6.76. The van der Waals surface area contributed by atoms with Gasteiger partial charge in [-0.3, -0.25) is 9.78 Å². The number of aryl methyl sites for hydroxylation is 3. The topological polar surface area (TPSA) is 53.3 Å². The summed E-state index contributed by atoms with van der Waals surface area (Å²) in [5.74, 6) is 0.669. The molecule has 192 valence electrons. The average molecular weight is 505 g/mol. The summed E-state index contributed by atoms with van der Waals surface area (Å²) >= 11 is 0. The summed E-state index contributed by atoms with van der Waals surface area (Å²) in [6.07, 6.45) is 6.82. The molecule has 0 bridgehead atoms. The van der Waals surface area contributed by atoms with Crippen LogP contribution < -0.4 is 4.74 Å². The van der Waals surface area contributed by atoms with Crippen LogP contribution in [0.4, 0.5) is 0 Å². The molecule has 5 aromatic rings. The molecule has 5 rings (SSSR count). The minimum Gasteiger partial charge on any atom is -0.489 e. The van der Waals surface area contributed by atoms with E-state index in [2.05, 4.69) is 64.3 Å². The lowest BCUT2D eigenvalue weighted by Gasteiger charge is -2.10. The zero-order chi connectivity index (χ0) is 26.2. The lowest BCUT2D eigenvalue weighted by Crippen LogP contribution is -2.05. The van der Waals surface area contributed by atoms with E-state index >= 15 is 0 Å². The van der Waals surface area contributed by atoms with Crippen LogP contribution in [0.15, 0.2) is 103 Å². The van der Waals surface area contributed by atoms with E-state index in [0.717, 1.165) is 46.6 Å². The van der Waals surface area contributed by atoms with Gasteiger partial charge in [-0.1, -0.05) is 48.5 Å². The molecule has 5 nitrogen and oxygen atoms in total. The first-order chi connectivity index (χ1) is 18.7. The molecular weight excluding hydrogens is 472 g/mol. The van der Waals surface area contributed by atoms with Gasteiger partial charge in [0, 0.05) is 41.6 Å².